The van der Waals surface area contributed by atoms with Crippen LogP contribution >= 0.6 is 0 Å². The van der Waals surface area contributed by atoms with Gasteiger partial charge in [0, 0.05) is 5.56 Å². The minimum absolute atomic E-state index is 0.232. The van der Waals surface area contributed by atoms with Crippen LogP contribution in [0.5, 0.6) is 5.75 Å². The first-order valence-corrected chi connectivity index (χ1v) is 4.94. The van der Waals surface area contributed by atoms with Crippen LogP contribution in [0, 0.1) is 5.82 Å². The Hall–Kier alpha value is -2.57. The molecule has 0 saturated carbocycles. The Bertz CT molecular complexity index is 610. The van der Waals surface area contributed by atoms with Gasteiger partial charge in [-0.25, -0.2) is 9.18 Å². The molecule has 0 amide bonds. The molecular weight excluding hydrogens is 241 g/mol. The summed E-state index contributed by atoms with van der Waals surface area (Å²) < 4.78 is 18.5. The maximum Gasteiger partial charge on any atom is 0.339 e. The van der Waals surface area contributed by atoms with Crippen LogP contribution in [-0.4, -0.2) is 28.4 Å². The highest BCUT2D eigenvalue weighted by molar-refractivity contribution is 5.93. The molecule has 0 radical (unpaired) electrons. The average Bonchev–Trinajstić information content (AvgIpc) is 2.74. The summed E-state index contributed by atoms with van der Waals surface area (Å²) in [6.07, 6.45) is 1.39. The maximum atomic E-state index is 13.7. The SMILES string of the molecule is COc1c(F)cc(-c2cn[nH]c2N)cc1C(=O)O. The van der Waals surface area contributed by atoms with Crippen LogP contribution in [0.1, 0.15) is 10.4 Å². The fourth-order valence-electron chi connectivity index (χ4n) is 1.64. The van der Waals surface area contributed by atoms with Gasteiger partial charge in [0.15, 0.2) is 11.6 Å². The van der Waals surface area contributed by atoms with Crippen molar-refractivity contribution in [2.45, 2.75) is 0 Å². The second-order valence-corrected chi connectivity index (χ2v) is 3.54. The topological polar surface area (TPSA) is 101 Å². The van der Waals surface area contributed by atoms with E-state index in [1.807, 2.05) is 0 Å². The molecule has 94 valence electrons. The van der Waals surface area contributed by atoms with E-state index in [-0.39, 0.29) is 17.1 Å². The first-order chi connectivity index (χ1) is 8.54. The number of aromatic nitrogens is 2. The van der Waals surface area contributed by atoms with Crippen LogP contribution in [0.4, 0.5) is 10.2 Å². The number of hydrogen-bond donors (Lipinski definition) is 3. The lowest BCUT2D eigenvalue weighted by atomic mass is 10.0. The summed E-state index contributed by atoms with van der Waals surface area (Å²) in [5.74, 6) is -2.13. The Kier molecular flexibility index (Phi) is 2.88. The molecule has 1 aromatic carbocycles. The molecule has 1 aromatic heterocycles. The lowest BCUT2D eigenvalue weighted by Crippen LogP contribution is -2.03. The molecule has 0 aliphatic rings. The van der Waals surface area contributed by atoms with Gasteiger partial charge >= 0.3 is 5.97 Å². The lowest BCUT2D eigenvalue weighted by molar-refractivity contribution is 0.0692. The third kappa shape index (κ3) is 1.86. The van der Waals surface area contributed by atoms with Crippen molar-refractivity contribution in [2.24, 2.45) is 0 Å². The number of nitrogens with one attached hydrogen (secondary N) is 1. The lowest BCUT2D eigenvalue weighted by Gasteiger charge is -2.08. The largest absolute Gasteiger partial charge is 0.493 e. The van der Waals surface area contributed by atoms with Crippen LogP contribution in [-0.2, 0) is 0 Å². The van der Waals surface area contributed by atoms with Crippen LogP contribution in [0.25, 0.3) is 11.1 Å². The quantitative estimate of drug-likeness (QED) is 0.767. The fraction of sp³-hybridized carbons (Fsp3) is 0.0909. The van der Waals surface area contributed by atoms with Crippen LogP contribution in [0.2, 0.25) is 0 Å². The van der Waals surface area contributed by atoms with E-state index in [4.69, 9.17) is 15.6 Å². The number of aromatic amines is 1. The number of nitrogens with zero attached hydrogens (tertiary/aromatic N) is 1. The molecule has 0 spiro atoms. The Morgan fingerprint density at radius 2 is 2.28 bits per heavy atom. The third-order valence-corrected chi connectivity index (χ3v) is 2.46. The molecule has 2 rings (SSSR count). The molecule has 0 aliphatic carbocycles. The van der Waals surface area contributed by atoms with E-state index < -0.39 is 11.8 Å². The van der Waals surface area contributed by atoms with E-state index in [0.29, 0.717) is 11.1 Å². The molecule has 7 heteroatoms. The number of carboxylic acids is 1. The molecule has 0 atom stereocenters. The number of carboxylic acid groups (broad SMARTS) is 1. The van der Waals surface area contributed by atoms with Gasteiger partial charge in [-0.05, 0) is 17.7 Å². The van der Waals surface area contributed by atoms with Crippen LogP contribution < -0.4 is 10.5 Å². The Morgan fingerprint density at radius 3 is 2.78 bits per heavy atom. The van der Waals surface area contributed by atoms with E-state index in [1.54, 1.807) is 0 Å². The summed E-state index contributed by atoms with van der Waals surface area (Å²) in [6.45, 7) is 0. The second-order valence-electron chi connectivity index (χ2n) is 3.54. The predicted molar refractivity (Wildman–Crippen MR) is 61.9 cm³/mol. The van der Waals surface area contributed by atoms with Gasteiger partial charge in [-0.15, -0.1) is 0 Å². The van der Waals surface area contributed by atoms with E-state index in [0.717, 1.165) is 6.07 Å². The molecular formula is C11H10FN3O3. The number of hydrogen-bond acceptors (Lipinski definition) is 4. The molecule has 0 saturated heterocycles. The van der Waals surface area contributed by atoms with Crippen molar-refractivity contribution in [3.8, 4) is 16.9 Å². The van der Waals surface area contributed by atoms with Gasteiger partial charge in [-0.3, -0.25) is 5.10 Å². The summed E-state index contributed by atoms with van der Waals surface area (Å²) in [5.41, 5.74) is 6.08. The van der Waals surface area contributed by atoms with E-state index in [1.165, 1.54) is 19.4 Å². The zero-order valence-electron chi connectivity index (χ0n) is 9.40. The number of nitrogens with two attached hydrogens (primary N) is 1. The van der Waals surface area contributed by atoms with Crippen molar-refractivity contribution in [3.05, 3.63) is 29.7 Å². The highest BCUT2D eigenvalue weighted by Gasteiger charge is 2.19. The zero-order chi connectivity index (χ0) is 13.3. The van der Waals surface area contributed by atoms with E-state index in [9.17, 15) is 9.18 Å². The Balaban J connectivity index is 2.65. The first-order valence-electron chi connectivity index (χ1n) is 4.94. The van der Waals surface area contributed by atoms with Gasteiger partial charge in [0.2, 0.25) is 0 Å². The molecule has 18 heavy (non-hydrogen) atoms. The van der Waals surface area contributed by atoms with Gasteiger partial charge in [0.25, 0.3) is 0 Å². The number of methoxy groups -OCH3 is 1. The molecule has 0 unspecified atom stereocenters. The number of halogens is 1. The number of aromatic carboxylic acids is 1. The van der Waals surface area contributed by atoms with Gasteiger partial charge in [0.1, 0.15) is 11.4 Å². The summed E-state index contributed by atoms with van der Waals surface area (Å²) in [6, 6.07) is 2.43. The number of carbonyl (C=O) groups is 1. The number of ether oxygens (including phenoxy) is 1. The van der Waals surface area contributed by atoms with Crippen LogP contribution in [0.3, 0.4) is 0 Å². The number of rotatable bonds is 3. The van der Waals surface area contributed by atoms with Gasteiger partial charge in [0.05, 0.1) is 13.3 Å². The number of H-pyrrole nitrogens is 1. The van der Waals surface area contributed by atoms with Crippen molar-refractivity contribution in [1.82, 2.24) is 10.2 Å². The Labute approximate surface area is 101 Å². The maximum absolute atomic E-state index is 13.7. The van der Waals surface area contributed by atoms with Gasteiger partial charge in [-0.1, -0.05) is 0 Å². The first kappa shape index (κ1) is 11.9. The predicted octanol–water partition coefficient (Wildman–Crippen LogP) is 1.50. The standard InChI is InChI=1S/C11H10FN3O3/c1-18-9-6(11(16)17)2-5(3-8(9)12)7-4-14-15-10(7)13/h2-4H,1H3,(H,16,17)(H3,13,14,15). The molecule has 1 heterocycles. The van der Waals surface area contributed by atoms with Gasteiger partial charge < -0.3 is 15.6 Å². The monoisotopic (exact) mass is 251 g/mol. The van der Waals surface area contributed by atoms with E-state index >= 15 is 0 Å². The third-order valence-electron chi connectivity index (χ3n) is 2.46. The molecule has 4 N–H and O–H groups in total. The normalized spacial score (nSPS) is 10.3. The molecule has 0 fully saturated rings. The highest BCUT2D eigenvalue weighted by atomic mass is 19.1. The molecule has 0 aliphatic heterocycles. The summed E-state index contributed by atoms with van der Waals surface area (Å²) in [4.78, 5) is 11.0. The minimum Gasteiger partial charge on any atom is -0.493 e. The van der Waals surface area contributed by atoms with Gasteiger partial charge in [-0.2, -0.15) is 5.10 Å². The second kappa shape index (κ2) is 4.36. The smallest absolute Gasteiger partial charge is 0.339 e. The molecule has 2 aromatic rings. The summed E-state index contributed by atoms with van der Waals surface area (Å²) in [5, 5.41) is 15.2. The number of nitrogen functional groups attached to an aromatic ring is 1. The van der Waals surface area contributed by atoms with E-state index in [2.05, 4.69) is 10.2 Å². The molecule has 6 nitrogen and oxygen atoms in total. The van der Waals surface area contributed by atoms with Crippen molar-refractivity contribution >= 4 is 11.8 Å². The number of benzene rings is 1. The molecule has 0 bridgehead atoms. The fourth-order valence-corrected chi connectivity index (χ4v) is 1.64. The highest BCUT2D eigenvalue weighted by Crippen LogP contribution is 2.31. The van der Waals surface area contributed by atoms with Crippen molar-refractivity contribution in [1.29, 1.82) is 0 Å². The summed E-state index contributed by atoms with van der Waals surface area (Å²) in [7, 11) is 1.21. The van der Waals surface area contributed by atoms with Crippen molar-refractivity contribution in [3.63, 3.8) is 0 Å². The van der Waals surface area contributed by atoms with Crippen molar-refractivity contribution in [2.75, 3.05) is 12.8 Å². The zero-order valence-corrected chi connectivity index (χ0v) is 9.40. The van der Waals surface area contributed by atoms with Crippen molar-refractivity contribution < 1.29 is 19.0 Å². The van der Waals surface area contributed by atoms with Crippen LogP contribution in [0.15, 0.2) is 18.3 Å². The Morgan fingerprint density at radius 1 is 1.56 bits per heavy atom. The average molecular weight is 251 g/mol. The number of anilines is 1. The summed E-state index contributed by atoms with van der Waals surface area (Å²) >= 11 is 0. The minimum atomic E-state index is -1.28.